The first-order chi connectivity index (χ1) is 13.4. The molecule has 0 aliphatic carbocycles. The molecule has 3 aromatic heterocycles. The van der Waals surface area contributed by atoms with Crippen LogP contribution < -0.4 is 5.01 Å². The van der Waals surface area contributed by atoms with Gasteiger partial charge in [0.25, 0.3) is 0 Å². The molecule has 0 unspecified atom stereocenters. The molecule has 0 spiro atoms. The molecule has 1 aliphatic heterocycles. The van der Waals surface area contributed by atoms with Crippen molar-refractivity contribution >= 4 is 12.0 Å². The Morgan fingerprint density at radius 2 is 1.66 bits per heavy atom. The van der Waals surface area contributed by atoms with E-state index in [0.717, 1.165) is 12.1 Å². The van der Waals surface area contributed by atoms with Gasteiger partial charge in [-0.05, 0) is 24.5 Å². The van der Waals surface area contributed by atoms with E-state index in [1.807, 2.05) is 0 Å². The van der Waals surface area contributed by atoms with E-state index in [1.165, 1.54) is 24.2 Å². The Kier molecular flexibility index (Phi) is 7.74. The van der Waals surface area contributed by atoms with E-state index in [4.69, 9.17) is 0 Å². The zero-order valence-corrected chi connectivity index (χ0v) is 17.0. The summed E-state index contributed by atoms with van der Waals surface area (Å²) in [5.74, 6) is -3.62. The molecule has 0 saturated carbocycles. The Morgan fingerprint density at radius 3 is 2.21 bits per heavy atom. The van der Waals surface area contributed by atoms with Gasteiger partial charge in [0, 0.05) is 6.20 Å². The van der Waals surface area contributed by atoms with Gasteiger partial charge in [-0.15, -0.1) is 18.8 Å². The van der Waals surface area contributed by atoms with Crippen molar-refractivity contribution in [3.63, 3.8) is 0 Å². The fourth-order valence-corrected chi connectivity index (χ4v) is 2.08. The SMILES string of the molecule is CN1C=NN(c2[c-]cc(F)nc2F)[CH-]1.Fc1c[c-]c(-c2ccccn2)c(F)n1.[Ir+3]. The first-order valence-electron chi connectivity index (χ1n) is 7.73. The normalized spacial score (nSPS) is 12.3. The van der Waals surface area contributed by atoms with Crippen molar-refractivity contribution in [2.75, 3.05) is 12.1 Å². The van der Waals surface area contributed by atoms with Crippen molar-refractivity contribution in [3.8, 4) is 11.3 Å². The molecule has 0 N–H and O–H groups in total. The fraction of sp³-hybridized carbons (Fsp3) is 0.0556. The summed E-state index contributed by atoms with van der Waals surface area (Å²) in [4.78, 5) is 11.6. The summed E-state index contributed by atoms with van der Waals surface area (Å²) in [5.41, 5.74) is 0.455. The number of pyridine rings is 3. The van der Waals surface area contributed by atoms with Crippen molar-refractivity contribution in [3.05, 3.63) is 79.1 Å². The van der Waals surface area contributed by atoms with Crippen LogP contribution in [-0.4, -0.2) is 33.2 Å². The Labute approximate surface area is 177 Å². The first-order valence-corrected chi connectivity index (χ1v) is 7.73. The molecule has 6 nitrogen and oxygen atoms in total. The van der Waals surface area contributed by atoms with Gasteiger partial charge >= 0.3 is 20.1 Å². The van der Waals surface area contributed by atoms with Gasteiger partial charge in [0.1, 0.15) is 17.8 Å². The number of halogens is 4. The van der Waals surface area contributed by atoms with Crippen LogP contribution in [0.25, 0.3) is 11.3 Å². The molecule has 11 heteroatoms. The molecule has 1 aliphatic rings. The molecule has 150 valence electrons. The number of hydrogen-bond donors (Lipinski definition) is 0. The van der Waals surface area contributed by atoms with Crippen LogP contribution in [0.4, 0.5) is 23.2 Å². The predicted octanol–water partition coefficient (Wildman–Crippen LogP) is 3.19. The molecule has 0 amide bonds. The maximum absolute atomic E-state index is 13.1. The topological polar surface area (TPSA) is 57.5 Å². The Balaban J connectivity index is 0.000000200. The van der Waals surface area contributed by atoms with Crippen molar-refractivity contribution in [2.45, 2.75) is 0 Å². The number of aromatic nitrogens is 3. The van der Waals surface area contributed by atoms with E-state index >= 15 is 0 Å². The van der Waals surface area contributed by atoms with Crippen LogP contribution >= 0.6 is 0 Å². The van der Waals surface area contributed by atoms with Gasteiger partial charge < -0.3 is 19.9 Å². The standard InChI is InChI=1S/C10H5F2N2.C8H6F2N4.Ir/c11-9-5-4-7(10(12)14-9)8-3-1-2-6-13-8;1-13-4-11-14(5-13)6-2-3-7(9)12-8(6)10;/h1-3,5-6H;3-5H,1H3;/q-1;-2;+3. The molecule has 0 radical (unpaired) electrons. The van der Waals surface area contributed by atoms with Crippen LogP contribution in [0.5, 0.6) is 0 Å². The third-order valence-corrected chi connectivity index (χ3v) is 3.28. The second-order valence-electron chi connectivity index (χ2n) is 5.32. The van der Waals surface area contributed by atoms with Gasteiger partial charge in [-0.1, -0.05) is 23.8 Å². The van der Waals surface area contributed by atoms with Gasteiger partial charge in [0.15, 0.2) is 0 Å². The summed E-state index contributed by atoms with van der Waals surface area (Å²) in [6.45, 7) is 1.52. The Bertz CT molecular complexity index is 989. The molecule has 4 rings (SSSR count). The first kappa shape index (κ1) is 22.4. The quantitative estimate of drug-likeness (QED) is 0.265. The second-order valence-corrected chi connectivity index (χ2v) is 5.32. The third kappa shape index (κ3) is 5.78. The molecular weight excluding hydrogens is 568 g/mol. The van der Waals surface area contributed by atoms with Crippen molar-refractivity contribution in [1.82, 2.24) is 19.9 Å². The second kappa shape index (κ2) is 10.0. The smallest absolute Gasteiger partial charge is 0.493 e. The molecule has 0 atom stereocenters. The minimum atomic E-state index is -0.936. The maximum Gasteiger partial charge on any atom is 3.00 e. The number of hydrogen-bond acceptors (Lipinski definition) is 6. The van der Waals surface area contributed by atoms with E-state index in [-0.39, 0.29) is 31.4 Å². The molecule has 29 heavy (non-hydrogen) atoms. The van der Waals surface area contributed by atoms with Crippen LogP contribution in [0.1, 0.15) is 0 Å². The molecule has 0 aromatic carbocycles. The molecule has 0 bridgehead atoms. The van der Waals surface area contributed by atoms with E-state index in [9.17, 15) is 17.6 Å². The zero-order chi connectivity index (χ0) is 20.1. The number of anilines is 1. The van der Waals surface area contributed by atoms with Crippen molar-refractivity contribution < 1.29 is 37.7 Å². The van der Waals surface area contributed by atoms with Crippen molar-refractivity contribution in [1.29, 1.82) is 0 Å². The van der Waals surface area contributed by atoms with Gasteiger partial charge in [0.05, 0.1) is 12.3 Å². The van der Waals surface area contributed by atoms with Gasteiger partial charge in [0.2, 0.25) is 0 Å². The van der Waals surface area contributed by atoms with E-state index in [0.29, 0.717) is 5.69 Å². The van der Waals surface area contributed by atoms with E-state index in [2.05, 4.69) is 32.2 Å². The largest absolute Gasteiger partial charge is 3.00 e. The van der Waals surface area contributed by atoms with Crippen LogP contribution in [0.3, 0.4) is 0 Å². The summed E-state index contributed by atoms with van der Waals surface area (Å²) in [5, 5.41) is 5.05. The molecule has 3 aromatic rings. The summed E-state index contributed by atoms with van der Waals surface area (Å²) < 4.78 is 51.1. The molecule has 0 fully saturated rings. The minimum Gasteiger partial charge on any atom is -0.493 e. The maximum atomic E-state index is 13.1. The minimum absolute atomic E-state index is 0. The number of nitrogens with zero attached hydrogens (tertiary/aromatic N) is 6. The molecule has 0 saturated heterocycles. The zero-order valence-electron chi connectivity index (χ0n) is 14.6. The van der Waals surface area contributed by atoms with E-state index < -0.39 is 23.8 Å². The fourth-order valence-electron chi connectivity index (χ4n) is 2.08. The summed E-state index contributed by atoms with van der Waals surface area (Å²) >= 11 is 0. The monoisotopic (exact) mass is 580 g/mol. The Hall–Kier alpha value is -2.91. The van der Waals surface area contributed by atoms with Gasteiger partial charge in [-0.3, -0.25) is 13.8 Å². The summed E-state index contributed by atoms with van der Waals surface area (Å²) in [6, 6.07) is 11.8. The molecule has 4 heterocycles. The summed E-state index contributed by atoms with van der Waals surface area (Å²) in [7, 11) is 1.73. The van der Waals surface area contributed by atoms with Crippen molar-refractivity contribution in [2.24, 2.45) is 5.10 Å². The third-order valence-electron chi connectivity index (χ3n) is 3.28. The van der Waals surface area contributed by atoms with E-state index in [1.54, 1.807) is 30.1 Å². The Morgan fingerprint density at radius 1 is 0.966 bits per heavy atom. The van der Waals surface area contributed by atoms with Gasteiger partial charge in [-0.2, -0.15) is 11.2 Å². The average Bonchev–Trinajstić information content (AvgIpc) is 3.09. The van der Waals surface area contributed by atoms with Crippen LogP contribution in [0.15, 0.2) is 41.6 Å². The summed E-state index contributed by atoms with van der Waals surface area (Å²) in [6.07, 6.45) is 3.00. The predicted molar refractivity (Wildman–Crippen MR) is 92.2 cm³/mol. The van der Waals surface area contributed by atoms with Crippen LogP contribution in [-0.2, 0) is 20.1 Å². The van der Waals surface area contributed by atoms with Crippen LogP contribution in [0.2, 0.25) is 0 Å². The average molecular weight is 580 g/mol. The van der Waals surface area contributed by atoms with Gasteiger partial charge in [-0.25, -0.2) is 8.78 Å². The molecular formula is C18H11F4IrN6. The number of hydrazone groups is 1. The van der Waals surface area contributed by atoms with Crippen LogP contribution in [0, 0.1) is 42.6 Å². The number of rotatable bonds is 2.